The van der Waals surface area contributed by atoms with E-state index in [1.807, 2.05) is 18.5 Å². The molecule has 0 aromatic carbocycles. The number of aryl methyl sites for hydroxylation is 2. The Bertz CT molecular complexity index is 821. The molecule has 0 radical (unpaired) electrons. The van der Waals surface area contributed by atoms with Crippen LogP contribution in [0.25, 0.3) is 4.85 Å². The summed E-state index contributed by atoms with van der Waals surface area (Å²) in [6, 6.07) is 4.31. The topological polar surface area (TPSA) is 29.7 Å². The van der Waals surface area contributed by atoms with Crippen molar-refractivity contribution >= 4 is 17.0 Å². The molecular formula is C23H31N3OS. The minimum Gasteiger partial charge on any atom is -0.381 e. The van der Waals surface area contributed by atoms with E-state index in [1.165, 1.54) is 11.1 Å². The Labute approximate surface area is 173 Å². The summed E-state index contributed by atoms with van der Waals surface area (Å²) in [6.45, 7) is 19.7. The van der Waals surface area contributed by atoms with Crippen molar-refractivity contribution in [3.05, 3.63) is 57.3 Å². The predicted octanol–water partition coefficient (Wildman–Crippen LogP) is 5.60. The van der Waals surface area contributed by atoms with Crippen molar-refractivity contribution in [2.45, 2.75) is 52.5 Å². The van der Waals surface area contributed by atoms with Gasteiger partial charge in [0.15, 0.2) is 0 Å². The third kappa shape index (κ3) is 4.46. The van der Waals surface area contributed by atoms with E-state index in [4.69, 9.17) is 11.3 Å². The van der Waals surface area contributed by atoms with Gasteiger partial charge in [0.05, 0.1) is 13.2 Å². The second-order valence-corrected chi connectivity index (χ2v) is 9.19. The van der Waals surface area contributed by atoms with Crippen LogP contribution in [0, 0.1) is 18.9 Å². The lowest BCUT2D eigenvalue weighted by Gasteiger charge is -2.38. The molecule has 0 amide bonds. The van der Waals surface area contributed by atoms with Gasteiger partial charge in [-0.25, -0.2) is 4.85 Å². The van der Waals surface area contributed by atoms with Crippen LogP contribution in [0.15, 0.2) is 29.1 Å². The lowest BCUT2D eigenvalue weighted by Crippen LogP contribution is -2.42. The van der Waals surface area contributed by atoms with Crippen LogP contribution in [0.5, 0.6) is 0 Å². The van der Waals surface area contributed by atoms with Gasteiger partial charge in [-0.3, -0.25) is 9.88 Å². The molecule has 1 aliphatic rings. The molecule has 2 aromatic rings. The Kier molecular flexibility index (Phi) is 6.54. The summed E-state index contributed by atoms with van der Waals surface area (Å²) in [7, 11) is 0. The third-order valence-corrected chi connectivity index (χ3v) is 7.00. The lowest BCUT2D eigenvalue weighted by atomic mass is 9.81. The largest absolute Gasteiger partial charge is 0.381 e. The van der Waals surface area contributed by atoms with Crippen LogP contribution in [0.4, 0.5) is 5.69 Å². The number of thiophene rings is 1. The lowest BCUT2D eigenvalue weighted by molar-refractivity contribution is 0.0385. The van der Waals surface area contributed by atoms with Crippen LogP contribution < -0.4 is 0 Å². The summed E-state index contributed by atoms with van der Waals surface area (Å²) >= 11 is 1.63. The fourth-order valence-corrected chi connectivity index (χ4v) is 4.94. The first-order valence-corrected chi connectivity index (χ1v) is 11.0. The van der Waals surface area contributed by atoms with Crippen molar-refractivity contribution in [3.63, 3.8) is 0 Å². The summed E-state index contributed by atoms with van der Waals surface area (Å²) in [4.78, 5) is 10.8. The minimum atomic E-state index is -0.0568. The zero-order chi connectivity index (χ0) is 20.2. The van der Waals surface area contributed by atoms with Gasteiger partial charge >= 0.3 is 0 Å². The molecule has 1 saturated heterocycles. The van der Waals surface area contributed by atoms with E-state index in [0.717, 1.165) is 56.9 Å². The maximum Gasteiger partial charge on any atom is 0.200 e. The standard InChI is InChI=1S/C23H31N3OS/c1-6-27-17-23(10-9-19-14-28-15-21(19)24-5)11-12-26(16-23)22(3,4)20-8-7-18(2)25-13-20/h7-8,13-15H,6,9-12,16-17H2,1-4H3. The van der Waals surface area contributed by atoms with Gasteiger partial charge in [0, 0.05) is 36.0 Å². The molecule has 3 heterocycles. The van der Waals surface area contributed by atoms with Crippen molar-refractivity contribution < 1.29 is 4.74 Å². The Morgan fingerprint density at radius 3 is 2.86 bits per heavy atom. The smallest absolute Gasteiger partial charge is 0.200 e. The number of nitrogens with zero attached hydrogens (tertiary/aromatic N) is 3. The number of ether oxygens (including phenoxy) is 1. The number of aromatic nitrogens is 1. The molecule has 0 aliphatic carbocycles. The number of pyridine rings is 1. The fraction of sp³-hybridized carbons (Fsp3) is 0.565. The second-order valence-electron chi connectivity index (χ2n) is 8.45. The molecule has 2 aromatic heterocycles. The van der Waals surface area contributed by atoms with E-state index in [0.29, 0.717) is 0 Å². The molecule has 1 aliphatic heterocycles. The SMILES string of the molecule is [C-]#[N+]c1cscc1CCC1(COCC)CCN(C(C)(C)c2ccc(C)nc2)C1. The summed E-state index contributed by atoms with van der Waals surface area (Å²) in [5.41, 5.74) is 4.41. The molecule has 0 saturated carbocycles. The van der Waals surface area contributed by atoms with Gasteiger partial charge in [-0.05, 0) is 81.5 Å². The molecule has 150 valence electrons. The molecule has 28 heavy (non-hydrogen) atoms. The molecule has 1 fully saturated rings. The number of hydrogen-bond acceptors (Lipinski definition) is 4. The highest BCUT2D eigenvalue weighted by Gasteiger charge is 2.43. The molecule has 4 nitrogen and oxygen atoms in total. The Morgan fingerprint density at radius 2 is 2.18 bits per heavy atom. The van der Waals surface area contributed by atoms with Crippen molar-refractivity contribution in [1.82, 2.24) is 9.88 Å². The summed E-state index contributed by atoms with van der Waals surface area (Å²) in [6.07, 6.45) is 5.16. The average Bonchev–Trinajstić information content (AvgIpc) is 3.33. The molecule has 0 bridgehead atoms. The monoisotopic (exact) mass is 397 g/mol. The van der Waals surface area contributed by atoms with E-state index in [-0.39, 0.29) is 11.0 Å². The van der Waals surface area contributed by atoms with Gasteiger partial charge in [0.2, 0.25) is 5.69 Å². The number of hydrogen-bond donors (Lipinski definition) is 0. The van der Waals surface area contributed by atoms with Gasteiger partial charge < -0.3 is 4.74 Å². The van der Waals surface area contributed by atoms with Gasteiger partial charge in [-0.15, -0.1) is 0 Å². The molecule has 0 spiro atoms. The highest BCUT2D eigenvalue weighted by molar-refractivity contribution is 7.08. The second kappa shape index (κ2) is 8.73. The van der Waals surface area contributed by atoms with E-state index >= 15 is 0 Å². The molecule has 1 atom stereocenters. The zero-order valence-electron chi connectivity index (χ0n) is 17.5. The average molecular weight is 398 g/mol. The maximum absolute atomic E-state index is 7.37. The van der Waals surface area contributed by atoms with Gasteiger partial charge in [0.1, 0.15) is 0 Å². The first-order chi connectivity index (χ1) is 13.4. The van der Waals surface area contributed by atoms with Crippen molar-refractivity contribution in [2.24, 2.45) is 5.41 Å². The molecular weight excluding hydrogens is 366 g/mol. The predicted molar refractivity (Wildman–Crippen MR) is 116 cm³/mol. The number of rotatable bonds is 8. The van der Waals surface area contributed by atoms with Crippen molar-refractivity contribution in [2.75, 3.05) is 26.3 Å². The van der Waals surface area contributed by atoms with E-state index < -0.39 is 0 Å². The Balaban J connectivity index is 1.75. The van der Waals surface area contributed by atoms with E-state index in [9.17, 15) is 0 Å². The van der Waals surface area contributed by atoms with E-state index in [1.54, 1.807) is 11.3 Å². The van der Waals surface area contributed by atoms with Crippen LogP contribution in [0.3, 0.4) is 0 Å². The van der Waals surface area contributed by atoms with Gasteiger partial charge in [-0.1, -0.05) is 6.07 Å². The van der Waals surface area contributed by atoms with Gasteiger partial charge in [-0.2, -0.15) is 11.3 Å². The Hall–Kier alpha value is -1.74. The van der Waals surface area contributed by atoms with Crippen molar-refractivity contribution in [3.8, 4) is 0 Å². The zero-order valence-corrected chi connectivity index (χ0v) is 18.3. The summed E-state index contributed by atoms with van der Waals surface area (Å²) < 4.78 is 5.93. The number of likely N-dealkylation sites (tertiary alicyclic amines) is 1. The highest BCUT2D eigenvalue weighted by atomic mass is 32.1. The quantitative estimate of drug-likeness (QED) is 0.543. The maximum atomic E-state index is 7.37. The van der Waals surface area contributed by atoms with Crippen LogP contribution in [0.2, 0.25) is 0 Å². The van der Waals surface area contributed by atoms with Crippen LogP contribution in [-0.2, 0) is 16.7 Å². The van der Waals surface area contributed by atoms with E-state index in [2.05, 4.69) is 53.0 Å². The van der Waals surface area contributed by atoms with Gasteiger partial charge in [0.25, 0.3) is 0 Å². The fourth-order valence-electron chi connectivity index (χ4n) is 4.14. The van der Waals surface area contributed by atoms with Crippen LogP contribution in [0.1, 0.15) is 50.4 Å². The first-order valence-electron chi connectivity index (χ1n) is 10.1. The van der Waals surface area contributed by atoms with Crippen LogP contribution >= 0.6 is 11.3 Å². The molecule has 1 unspecified atom stereocenters. The molecule has 5 heteroatoms. The molecule has 0 N–H and O–H groups in total. The summed E-state index contributed by atoms with van der Waals surface area (Å²) in [5, 5.41) is 4.10. The summed E-state index contributed by atoms with van der Waals surface area (Å²) in [5.74, 6) is 0. The third-order valence-electron chi connectivity index (χ3n) is 6.22. The Morgan fingerprint density at radius 1 is 1.36 bits per heavy atom. The molecule has 3 rings (SSSR count). The normalized spacial score (nSPS) is 20.4. The van der Waals surface area contributed by atoms with Crippen LogP contribution in [-0.4, -0.2) is 36.2 Å². The van der Waals surface area contributed by atoms with Crippen molar-refractivity contribution in [1.29, 1.82) is 0 Å². The minimum absolute atomic E-state index is 0.0568. The first kappa shape index (κ1) is 21.0. The highest BCUT2D eigenvalue weighted by Crippen LogP contribution is 2.42.